The fraction of sp³-hybridized carbons (Fsp3) is 0.375. The Hall–Kier alpha value is -1.48. The molecule has 0 bridgehead atoms. The van der Waals surface area contributed by atoms with Gasteiger partial charge in [-0.2, -0.15) is 0 Å². The van der Waals surface area contributed by atoms with Crippen LogP contribution in [0.1, 0.15) is 34.5 Å². The van der Waals surface area contributed by atoms with Gasteiger partial charge in [-0.3, -0.25) is 0 Å². The van der Waals surface area contributed by atoms with Crippen molar-refractivity contribution >= 4 is 17.0 Å². The summed E-state index contributed by atoms with van der Waals surface area (Å²) in [6, 6.07) is 6.71. The number of hydrogen-bond donors (Lipinski definition) is 1. The van der Waals surface area contributed by atoms with Crippen LogP contribution in [0, 0.1) is 20.8 Å². The minimum atomic E-state index is 0.311. The van der Waals surface area contributed by atoms with E-state index in [0.717, 1.165) is 11.4 Å². The van der Waals surface area contributed by atoms with Crippen molar-refractivity contribution in [3.05, 3.63) is 45.1 Å². The molecule has 19 heavy (non-hydrogen) atoms. The van der Waals surface area contributed by atoms with Gasteiger partial charge in [-0.25, -0.2) is 0 Å². The maximum Gasteiger partial charge on any atom is 0.126 e. The monoisotopic (exact) mass is 275 g/mol. The fourth-order valence-corrected chi connectivity index (χ4v) is 3.36. The highest BCUT2D eigenvalue weighted by Crippen LogP contribution is 2.33. The third kappa shape index (κ3) is 2.76. The van der Waals surface area contributed by atoms with Crippen molar-refractivity contribution in [1.82, 2.24) is 0 Å². The van der Waals surface area contributed by atoms with Crippen LogP contribution in [-0.4, -0.2) is 7.11 Å². The van der Waals surface area contributed by atoms with Gasteiger partial charge in [0.1, 0.15) is 5.75 Å². The topological polar surface area (TPSA) is 21.3 Å². The van der Waals surface area contributed by atoms with Crippen molar-refractivity contribution in [1.29, 1.82) is 0 Å². The molecule has 2 aromatic rings. The molecule has 0 aliphatic rings. The molecule has 2 rings (SSSR count). The Morgan fingerprint density at radius 3 is 2.42 bits per heavy atom. The van der Waals surface area contributed by atoms with Gasteiger partial charge in [0.2, 0.25) is 0 Å². The Bertz CT molecular complexity index is 574. The lowest BCUT2D eigenvalue weighted by Gasteiger charge is -2.19. The molecule has 0 spiro atoms. The molecule has 1 unspecified atom stereocenters. The highest BCUT2D eigenvalue weighted by Gasteiger charge is 2.13. The van der Waals surface area contributed by atoms with E-state index in [9.17, 15) is 0 Å². The predicted molar refractivity (Wildman–Crippen MR) is 83.6 cm³/mol. The van der Waals surface area contributed by atoms with Gasteiger partial charge < -0.3 is 10.1 Å². The minimum Gasteiger partial charge on any atom is -0.496 e. The van der Waals surface area contributed by atoms with Crippen LogP contribution in [0.15, 0.2) is 23.6 Å². The van der Waals surface area contributed by atoms with Crippen molar-refractivity contribution in [2.24, 2.45) is 0 Å². The van der Waals surface area contributed by atoms with Crippen LogP contribution >= 0.6 is 11.3 Å². The second kappa shape index (κ2) is 5.66. The van der Waals surface area contributed by atoms with Crippen LogP contribution in [0.5, 0.6) is 5.75 Å². The van der Waals surface area contributed by atoms with Gasteiger partial charge in [0.15, 0.2) is 0 Å². The average Bonchev–Trinajstić information content (AvgIpc) is 2.80. The first-order valence-corrected chi connectivity index (χ1v) is 7.37. The first kappa shape index (κ1) is 13.9. The van der Waals surface area contributed by atoms with Crippen LogP contribution in [0.4, 0.5) is 5.69 Å². The molecule has 1 atom stereocenters. The smallest absolute Gasteiger partial charge is 0.126 e. The Balaban J connectivity index is 2.27. The number of anilines is 1. The second-order valence-electron chi connectivity index (χ2n) is 4.92. The summed E-state index contributed by atoms with van der Waals surface area (Å²) < 4.78 is 5.48. The molecule has 1 N–H and O–H groups in total. The molecule has 3 heteroatoms. The number of aryl methyl sites for hydroxylation is 2. The van der Waals surface area contributed by atoms with E-state index in [-0.39, 0.29) is 0 Å². The Morgan fingerprint density at radius 2 is 1.84 bits per heavy atom. The minimum absolute atomic E-state index is 0.311. The summed E-state index contributed by atoms with van der Waals surface area (Å²) in [5, 5.41) is 5.73. The van der Waals surface area contributed by atoms with Crippen molar-refractivity contribution < 1.29 is 4.74 Å². The van der Waals surface area contributed by atoms with E-state index in [0.29, 0.717) is 6.04 Å². The van der Waals surface area contributed by atoms with Gasteiger partial charge in [-0.15, -0.1) is 11.3 Å². The summed E-state index contributed by atoms with van der Waals surface area (Å²) in [6.45, 7) is 8.53. The van der Waals surface area contributed by atoms with Crippen molar-refractivity contribution in [2.75, 3.05) is 12.4 Å². The quantitative estimate of drug-likeness (QED) is 0.860. The number of hydrogen-bond acceptors (Lipinski definition) is 3. The number of thiophene rings is 1. The van der Waals surface area contributed by atoms with E-state index in [2.05, 4.69) is 56.6 Å². The third-order valence-electron chi connectivity index (χ3n) is 3.47. The van der Waals surface area contributed by atoms with Gasteiger partial charge in [-0.1, -0.05) is 6.07 Å². The van der Waals surface area contributed by atoms with Gasteiger partial charge in [0.05, 0.1) is 13.2 Å². The van der Waals surface area contributed by atoms with Gasteiger partial charge in [0.25, 0.3) is 0 Å². The molecule has 1 aromatic heterocycles. The SMILES string of the molecule is COc1c(C)ccc(NC(C)c2sccc2C)c1C. The van der Waals surface area contributed by atoms with Gasteiger partial charge >= 0.3 is 0 Å². The number of methoxy groups -OCH3 is 1. The Kier molecular flexibility index (Phi) is 4.15. The summed E-state index contributed by atoms with van der Waals surface area (Å²) in [6.07, 6.45) is 0. The van der Waals surface area contributed by atoms with Crippen molar-refractivity contribution in [3.8, 4) is 5.75 Å². The summed E-state index contributed by atoms with van der Waals surface area (Å²) in [4.78, 5) is 1.39. The highest BCUT2D eigenvalue weighted by atomic mass is 32.1. The lowest BCUT2D eigenvalue weighted by Crippen LogP contribution is -2.08. The molecule has 0 amide bonds. The molecule has 102 valence electrons. The van der Waals surface area contributed by atoms with E-state index in [1.54, 1.807) is 18.4 Å². The predicted octanol–water partition coefficient (Wildman–Crippen LogP) is 4.86. The largest absolute Gasteiger partial charge is 0.496 e. The summed E-state index contributed by atoms with van der Waals surface area (Å²) >= 11 is 1.80. The third-order valence-corrected chi connectivity index (χ3v) is 4.68. The van der Waals surface area contributed by atoms with E-state index < -0.39 is 0 Å². The average molecular weight is 275 g/mol. The van der Waals surface area contributed by atoms with Crippen LogP contribution < -0.4 is 10.1 Å². The molecule has 0 saturated carbocycles. The zero-order chi connectivity index (χ0) is 14.0. The van der Waals surface area contributed by atoms with Gasteiger partial charge in [-0.05, 0) is 56.3 Å². The van der Waals surface area contributed by atoms with Crippen LogP contribution in [-0.2, 0) is 0 Å². The molecule has 1 heterocycles. The maximum atomic E-state index is 5.48. The van der Waals surface area contributed by atoms with Crippen LogP contribution in [0.2, 0.25) is 0 Å². The molecule has 0 saturated heterocycles. The van der Waals surface area contributed by atoms with E-state index in [4.69, 9.17) is 4.74 Å². The first-order valence-electron chi connectivity index (χ1n) is 6.49. The summed E-state index contributed by atoms with van der Waals surface area (Å²) in [5.41, 5.74) is 4.83. The summed E-state index contributed by atoms with van der Waals surface area (Å²) in [5.74, 6) is 0.972. The molecular formula is C16H21NOS. The number of benzene rings is 1. The Labute approximate surface area is 119 Å². The normalized spacial score (nSPS) is 12.3. The maximum absolute atomic E-state index is 5.48. The van der Waals surface area contributed by atoms with Crippen molar-refractivity contribution in [3.63, 3.8) is 0 Å². The molecule has 0 aliphatic heterocycles. The van der Waals surface area contributed by atoms with Gasteiger partial charge in [0, 0.05) is 16.1 Å². The number of ether oxygens (including phenoxy) is 1. The standard InChI is InChI=1S/C16H21NOS/c1-10-6-7-14(12(3)15(10)18-5)17-13(4)16-11(2)8-9-19-16/h6-9,13,17H,1-5H3. The molecule has 0 aliphatic carbocycles. The van der Waals surface area contributed by atoms with Crippen LogP contribution in [0.3, 0.4) is 0 Å². The second-order valence-corrected chi connectivity index (χ2v) is 5.87. The van der Waals surface area contributed by atoms with E-state index in [1.165, 1.54) is 21.6 Å². The molecular weight excluding hydrogens is 254 g/mol. The number of rotatable bonds is 4. The highest BCUT2D eigenvalue weighted by molar-refractivity contribution is 7.10. The van der Waals surface area contributed by atoms with Crippen molar-refractivity contribution in [2.45, 2.75) is 33.7 Å². The zero-order valence-corrected chi connectivity index (χ0v) is 13.0. The molecule has 0 radical (unpaired) electrons. The lowest BCUT2D eigenvalue weighted by molar-refractivity contribution is 0.409. The fourth-order valence-electron chi connectivity index (χ4n) is 2.42. The van der Waals surface area contributed by atoms with E-state index in [1.807, 2.05) is 0 Å². The first-order chi connectivity index (χ1) is 9.04. The zero-order valence-electron chi connectivity index (χ0n) is 12.2. The Morgan fingerprint density at radius 1 is 1.11 bits per heavy atom. The van der Waals surface area contributed by atoms with Crippen LogP contribution in [0.25, 0.3) is 0 Å². The molecule has 1 aromatic carbocycles. The van der Waals surface area contributed by atoms with E-state index >= 15 is 0 Å². The molecule has 0 fully saturated rings. The summed E-state index contributed by atoms with van der Waals surface area (Å²) in [7, 11) is 1.73. The molecule has 2 nitrogen and oxygen atoms in total. The number of nitrogens with one attached hydrogen (secondary N) is 1. The lowest BCUT2D eigenvalue weighted by atomic mass is 10.1.